The van der Waals surface area contributed by atoms with Crippen LogP contribution in [0.2, 0.25) is 0 Å². The molecule has 0 spiro atoms. The second kappa shape index (κ2) is 6.88. The summed E-state index contributed by atoms with van der Waals surface area (Å²) in [5, 5.41) is 13.0. The van der Waals surface area contributed by atoms with Gasteiger partial charge in [0.25, 0.3) is 0 Å². The number of aliphatic hydroxyl groups is 1. The highest BCUT2D eigenvalue weighted by Gasteiger charge is 2.39. The van der Waals surface area contributed by atoms with Gasteiger partial charge in [0.1, 0.15) is 0 Å². The van der Waals surface area contributed by atoms with Crippen LogP contribution in [0.25, 0.3) is 10.9 Å². The highest BCUT2D eigenvalue weighted by Crippen LogP contribution is 2.45. The van der Waals surface area contributed by atoms with Gasteiger partial charge in [0.05, 0.1) is 17.7 Å². The van der Waals surface area contributed by atoms with E-state index in [1.165, 1.54) is 85.8 Å². The topological polar surface area (TPSA) is 28.4 Å². The minimum Gasteiger partial charge on any atom is -0.388 e. The van der Waals surface area contributed by atoms with Crippen molar-refractivity contribution >= 4 is 10.9 Å². The van der Waals surface area contributed by atoms with Gasteiger partial charge in [-0.1, -0.05) is 30.9 Å². The SMILES string of the molecule is Cc1cc(C)c2c(c1)c1c(n2CC(C)(O)C2CCCCC2)CCN2CCC[C@H]12. The number of nitrogens with zero attached hydrogens (tertiary/aromatic N) is 2. The van der Waals surface area contributed by atoms with Crippen LogP contribution in [0, 0.1) is 19.8 Å². The summed E-state index contributed by atoms with van der Waals surface area (Å²) in [6, 6.07) is 5.33. The Morgan fingerprint density at radius 1 is 1.04 bits per heavy atom. The Balaban J connectivity index is 1.64. The van der Waals surface area contributed by atoms with Crippen molar-refractivity contribution in [1.29, 1.82) is 0 Å². The third kappa shape index (κ3) is 2.93. The summed E-state index contributed by atoms with van der Waals surface area (Å²) in [6.07, 6.45) is 10.00. The maximum Gasteiger partial charge on any atom is 0.0825 e. The van der Waals surface area contributed by atoms with Crippen LogP contribution in [-0.4, -0.2) is 33.3 Å². The molecule has 3 heterocycles. The van der Waals surface area contributed by atoms with Crippen LogP contribution in [0.15, 0.2) is 12.1 Å². The molecule has 1 unspecified atom stereocenters. The molecule has 28 heavy (non-hydrogen) atoms. The summed E-state index contributed by atoms with van der Waals surface area (Å²) in [7, 11) is 0. The molecule has 0 radical (unpaired) electrons. The minimum atomic E-state index is -0.621. The van der Waals surface area contributed by atoms with Crippen molar-refractivity contribution in [2.75, 3.05) is 13.1 Å². The first kappa shape index (κ1) is 18.7. The second-order valence-electron chi connectivity index (χ2n) is 10.1. The number of fused-ring (bicyclic) bond motifs is 5. The molecule has 2 fully saturated rings. The normalized spacial score (nSPS) is 25.6. The zero-order chi connectivity index (χ0) is 19.5. The molecule has 2 atom stereocenters. The summed E-state index contributed by atoms with van der Waals surface area (Å²) in [5.74, 6) is 0.437. The van der Waals surface area contributed by atoms with Gasteiger partial charge in [0.2, 0.25) is 0 Å². The van der Waals surface area contributed by atoms with E-state index >= 15 is 0 Å². The van der Waals surface area contributed by atoms with E-state index in [2.05, 4.69) is 42.4 Å². The van der Waals surface area contributed by atoms with E-state index in [4.69, 9.17) is 0 Å². The molecule has 2 aliphatic heterocycles. The minimum absolute atomic E-state index is 0.437. The van der Waals surface area contributed by atoms with E-state index in [0.717, 1.165) is 13.0 Å². The number of aromatic nitrogens is 1. The van der Waals surface area contributed by atoms with Crippen molar-refractivity contribution in [3.63, 3.8) is 0 Å². The predicted molar refractivity (Wildman–Crippen MR) is 116 cm³/mol. The molecule has 1 saturated carbocycles. The Bertz CT molecular complexity index is 888. The largest absolute Gasteiger partial charge is 0.388 e. The van der Waals surface area contributed by atoms with E-state index in [0.29, 0.717) is 12.0 Å². The number of benzene rings is 1. The molecule has 0 bridgehead atoms. The molecule has 1 aromatic carbocycles. The van der Waals surface area contributed by atoms with Crippen molar-refractivity contribution in [2.24, 2.45) is 5.92 Å². The summed E-state index contributed by atoms with van der Waals surface area (Å²) in [6.45, 7) is 9.77. The molecular formula is C25H36N2O. The fourth-order valence-electron chi connectivity index (χ4n) is 6.62. The third-order valence-electron chi connectivity index (χ3n) is 7.94. The Morgan fingerprint density at radius 2 is 1.82 bits per heavy atom. The Kier molecular flexibility index (Phi) is 4.59. The summed E-state index contributed by atoms with van der Waals surface area (Å²) < 4.78 is 2.55. The Hall–Kier alpha value is -1.32. The van der Waals surface area contributed by atoms with E-state index in [1.807, 2.05) is 0 Å². The van der Waals surface area contributed by atoms with Gasteiger partial charge in [0, 0.05) is 30.1 Å². The molecule has 3 aliphatic rings. The molecule has 1 aromatic heterocycles. The summed E-state index contributed by atoms with van der Waals surface area (Å²) in [4.78, 5) is 2.70. The molecule has 0 amide bonds. The molecule has 2 aromatic rings. The summed E-state index contributed by atoms with van der Waals surface area (Å²) >= 11 is 0. The smallest absolute Gasteiger partial charge is 0.0825 e. The lowest BCUT2D eigenvalue weighted by molar-refractivity contribution is -0.0303. The van der Waals surface area contributed by atoms with Crippen LogP contribution >= 0.6 is 0 Å². The molecular weight excluding hydrogens is 344 g/mol. The lowest BCUT2D eigenvalue weighted by Crippen LogP contribution is -2.41. The van der Waals surface area contributed by atoms with E-state index in [1.54, 1.807) is 5.56 Å². The molecule has 3 nitrogen and oxygen atoms in total. The molecule has 5 rings (SSSR count). The average molecular weight is 381 g/mol. The molecule has 1 saturated heterocycles. The highest BCUT2D eigenvalue weighted by atomic mass is 16.3. The van der Waals surface area contributed by atoms with E-state index in [9.17, 15) is 5.11 Å². The van der Waals surface area contributed by atoms with Gasteiger partial charge in [-0.2, -0.15) is 0 Å². The molecule has 3 heteroatoms. The van der Waals surface area contributed by atoms with Crippen LogP contribution in [0.3, 0.4) is 0 Å². The summed E-state index contributed by atoms with van der Waals surface area (Å²) in [5.41, 5.74) is 6.60. The van der Waals surface area contributed by atoms with Gasteiger partial charge in [-0.05, 0) is 76.1 Å². The lowest BCUT2D eigenvalue weighted by Gasteiger charge is -2.37. The quantitative estimate of drug-likeness (QED) is 0.784. The number of hydrogen-bond acceptors (Lipinski definition) is 2. The Labute approximate surface area is 169 Å². The third-order valence-corrected chi connectivity index (χ3v) is 7.94. The average Bonchev–Trinajstić information content (AvgIpc) is 3.25. The lowest BCUT2D eigenvalue weighted by atomic mass is 9.77. The van der Waals surface area contributed by atoms with Crippen LogP contribution in [0.4, 0.5) is 0 Å². The standard InChI is InChI=1S/C25H36N2O/c1-17-14-18(2)24-20(15-17)23-21-10-7-12-26(21)13-11-22(23)27(24)16-25(3,28)19-8-5-4-6-9-19/h14-15,19,21,28H,4-13,16H2,1-3H3/t21-,25?/m1/s1. The van der Waals surface area contributed by atoms with Gasteiger partial charge in [-0.25, -0.2) is 0 Å². The van der Waals surface area contributed by atoms with E-state index in [-0.39, 0.29) is 0 Å². The van der Waals surface area contributed by atoms with Crippen molar-refractivity contribution in [3.8, 4) is 0 Å². The number of hydrogen-bond donors (Lipinski definition) is 1. The van der Waals surface area contributed by atoms with Gasteiger partial charge in [-0.15, -0.1) is 0 Å². The van der Waals surface area contributed by atoms with Crippen molar-refractivity contribution in [2.45, 2.75) is 90.3 Å². The zero-order valence-electron chi connectivity index (χ0n) is 17.9. The fourth-order valence-corrected chi connectivity index (χ4v) is 6.62. The first-order valence-electron chi connectivity index (χ1n) is 11.5. The maximum atomic E-state index is 11.6. The van der Waals surface area contributed by atoms with Gasteiger partial charge in [-0.3, -0.25) is 4.90 Å². The van der Waals surface area contributed by atoms with Crippen LogP contribution in [-0.2, 0) is 13.0 Å². The monoisotopic (exact) mass is 380 g/mol. The first-order valence-corrected chi connectivity index (χ1v) is 11.5. The molecule has 1 aliphatic carbocycles. The first-order chi connectivity index (χ1) is 13.5. The van der Waals surface area contributed by atoms with Crippen molar-refractivity contribution in [3.05, 3.63) is 34.5 Å². The second-order valence-corrected chi connectivity index (χ2v) is 10.1. The highest BCUT2D eigenvalue weighted by molar-refractivity contribution is 5.89. The number of rotatable bonds is 3. The van der Waals surface area contributed by atoms with Crippen LogP contribution < -0.4 is 0 Å². The zero-order valence-corrected chi connectivity index (χ0v) is 17.9. The predicted octanol–water partition coefficient (Wildman–Crippen LogP) is 5.28. The van der Waals surface area contributed by atoms with E-state index < -0.39 is 5.60 Å². The van der Waals surface area contributed by atoms with Crippen molar-refractivity contribution < 1.29 is 5.11 Å². The van der Waals surface area contributed by atoms with Crippen LogP contribution in [0.1, 0.15) is 80.3 Å². The Morgan fingerprint density at radius 3 is 2.61 bits per heavy atom. The van der Waals surface area contributed by atoms with Gasteiger partial charge < -0.3 is 9.67 Å². The molecule has 152 valence electrons. The maximum absolute atomic E-state index is 11.6. The van der Waals surface area contributed by atoms with Crippen molar-refractivity contribution in [1.82, 2.24) is 9.47 Å². The fraction of sp³-hybridized carbons (Fsp3) is 0.680. The van der Waals surface area contributed by atoms with Gasteiger partial charge in [0.15, 0.2) is 0 Å². The van der Waals surface area contributed by atoms with Crippen LogP contribution in [0.5, 0.6) is 0 Å². The number of aryl methyl sites for hydroxylation is 2. The van der Waals surface area contributed by atoms with Gasteiger partial charge >= 0.3 is 0 Å². The molecule has 1 N–H and O–H groups in total.